The van der Waals surface area contributed by atoms with Gasteiger partial charge < -0.3 is 9.47 Å². The summed E-state index contributed by atoms with van der Waals surface area (Å²) >= 11 is 0. The van der Waals surface area contributed by atoms with E-state index in [4.69, 9.17) is 14.7 Å². The molecule has 1 atom stereocenters. The van der Waals surface area contributed by atoms with E-state index in [0.717, 1.165) is 25.1 Å². The van der Waals surface area contributed by atoms with Crippen LogP contribution in [0.25, 0.3) is 0 Å². The topological polar surface area (TPSA) is 45.5 Å². The molecule has 1 spiro atoms. The first-order valence-corrected chi connectivity index (χ1v) is 6.83. The zero-order chi connectivity index (χ0) is 14.0. The van der Waals surface area contributed by atoms with Gasteiger partial charge >= 0.3 is 0 Å². The van der Waals surface area contributed by atoms with Crippen LogP contribution in [0.5, 0.6) is 0 Å². The van der Waals surface area contributed by atoms with Crippen molar-refractivity contribution in [2.75, 3.05) is 33.0 Å². The predicted octanol–water partition coefficient (Wildman–Crippen LogP) is 1.69. The molecule has 5 heteroatoms. The van der Waals surface area contributed by atoms with Crippen LogP contribution in [0.2, 0.25) is 0 Å². The Balaban J connectivity index is 1.84. The number of halogens is 1. The average Bonchev–Trinajstić information content (AvgIpc) is 2.92. The molecule has 0 bridgehead atoms. The molecule has 0 amide bonds. The first-order chi connectivity index (χ1) is 9.73. The monoisotopic (exact) mass is 276 g/mol. The molecule has 1 unspecified atom stereocenters. The second-order valence-corrected chi connectivity index (χ2v) is 5.41. The number of hydrogen-bond donors (Lipinski definition) is 0. The number of hydrogen-bond acceptors (Lipinski definition) is 4. The molecule has 1 aromatic carbocycles. The summed E-state index contributed by atoms with van der Waals surface area (Å²) in [5, 5.41) is 9.14. The molecule has 1 aromatic rings. The van der Waals surface area contributed by atoms with E-state index in [9.17, 15) is 4.39 Å². The van der Waals surface area contributed by atoms with Crippen molar-refractivity contribution in [3.63, 3.8) is 0 Å². The van der Waals surface area contributed by atoms with Gasteiger partial charge in [-0.25, -0.2) is 4.39 Å². The molecule has 0 aromatic heterocycles. The summed E-state index contributed by atoms with van der Waals surface area (Å²) in [4.78, 5) is 2.32. The quantitative estimate of drug-likeness (QED) is 0.824. The molecule has 106 valence electrons. The Kier molecular flexibility index (Phi) is 3.70. The molecule has 2 aliphatic heterocycles. The molecule has 20 heavy (non-hydrogen) atoms. The minimum atomic E-state index is -0.369. The highest BCUT2D eigenvalue weighted by atomic mass is 19.1. The maximum atomic E-state index is 13.2. The summed E-state index contributed by atoms with van der Waals surface area (Å²) in [5.74, 6) is -0.369. The lowest BCUT2D eigenvalue weighted by Crippen LogP contribution is -2.57. The van der Waals surface area contributed by atoms with Gasteiger partial charge in [0.1, 0.15) is 5.82 Å². The van der Waals surface area contributed by atoms with Crippen molar-refractivity contribution in [3.8, 4) is 6.07 Å². The lowest BCUT2D eigenvalue weighted by Gasteiger charge is -2.43. The van der Waals surface area contributed by atoms with Crippen LogP contribution in [0.1, 0.15) is 17.5 Å². The second kappa shape index (κ2) is 5.49. The van der Waals surface area contributed by atoms with Gasteiger partial charge in [0.15, 0.2) is 0 Å². The van der Waals surface area contributed by atoms with Crippen LogP contribution in [0.3, 0.4) is 0 Å². The van der Waals surface area contributed by atoms with Gasteiger partial charge in [0.05, 0.1) is 37.0 Å². The molecular weight excluding hydrogens is 259 g/mol. The summed E-state index contributed by atoms with van der Waals surface area (Å²) in [5.41, 5.74) is 1.19. The lowest BCUT2D eigenvalue weighted by molar-refractivity contribution is -0.0749. The highest BCUT2D eigenvalue weighted by Crippen LogP contribution is 2.31. The summed E-state index contributed by atoms with van der Waals surface area (Å²) < 4.78 is 24.3. The van der Waals surface area contributed by atoms with Gasteiger partial charge in [-0.15, -0.1) is 0 Å². The SMILES string of the molecule is N#Cc1cc(F)ccc1CN1CCOCC12CCOC2. The molecule has 0 aliphatic carbocycles. The highest BCUT2D eigenvalue weighted by molar-refractivity contribution is 5.38. The predicted molar refractivity (Wildman–Crippen MR) is 70.5 cm³/mol. The fraction of sp³-hybridized carbons (Fsp3) is 0.533. The van der Waals surface area contributed by atoms with Crippen molar-refractivity contribution in [2.45, 2.75) is 18.5 Å². The minimum Gasteiger partial charge on any atom is -0.379 e. The third kappa shape index (κ3) is 2.42. The van der Waals surface area contributed by atoms with Gasteiger partial charge in [-0.05, 0) is 24.1 Å². The molecule has 0 radical (unpaired) electrons. The van der Waals surface area contributed by atoms with Crippen molar-refractivity contribution < 1.29 is 13.9 Å². The van der Waals surface area contributed by atoms with E-state index in [1.165, 1.54) is 12.1 Å². The Morgan fingerprint density at radius 1 is 1.30 bits per heavy atom. The largest absolute Gasteiger partial charge is 0.379 e. The Morgan fingerprint density at radius 2 is 2.10 bits per heavy atom. The van der Waals surface area contributed by atoms with Crippen molar-refractivity contribution in [3.05, 3.63) is 35.1 Å². The smallest absolute Gasteiger partial charge is 0.124 e. The maximum Gasteiger partial charge on any atom is 0.124 e. The standard InChI is InChI=1S/C15H17FN2O2/c16-14-2-1-12(13(7-14)8-17)9-18-4-6-20-11-15(18)3-5-19-10-15/h1-2,7H,3-6,9-11H2. The molecule has 2 fully saturated rings. The van der Waals surface area contributed by atoms with Gasteiger partial charge in [0.25, 0.3) is 0 Å². The number of ether oxygens (including phenoxy) is 2. The van der Waals surface area contributed by atoms with Crippen LogP contribution < -0.4 is 0 Å². The van der Waals surface area contributed by atoms with Crippen LogP contribution >= 0.6 is 0 Å². The van der Waals surface area contributed by atoms with Crippen LogP contribution in [-0.2, 0) is 16.0 Å². The van der Waals surface area contributed by atoms with Crippen LogP contribution in [-0.4, -0.2) is 43.4 Å². The van der Waals surface area contributed by atoms with Crippen molar-refractivity contribution in [2.24, 2.45) is 0 Å². The van der Waals surface area contributed by atoms with Gasteiger partial charge in [-0.2, -0.15) is 5.26 Å². The molecular formula is C15H17FN2O2. The summed E-state index contributed by atoms with van der Waals surface area (Å²) in [6.07, 6.45) is 0.941. The number of morpholine rings is 1. The van der Waals surface area contributed by atoms with Crippen LogP contribution in [0, 0.1) is 17.1 Å². The first-order valence-electron chi connectivity index (χ1n) is 6.83. The van der Waals surface area contributed by atoms with E-state index in [0.29, 0.717) is 31.9 Å². The molecule has 2 saturated heterocycles. The van der Waals surface area contributed by atoms with Gasteiger partial charge in [-0.3, -0.25) is 4.90 Å². The van der Waals surface area contributed by atoms with Gasteiger partial charge in [0, 0.05) is 19.7 Å². The summed E-state index contributed by atoms with van der Waals surface area (Å²) in [6, 6.07) is 6.49. The molecule has 3 rings (SSSR count). The summed E-state index contributed by atoms with van der Waals surface area (Å²) in [7, 11) is 0. The number of benzene rings is 1. The van der Waals surface area contributed by atoms with Crippen LogP contribution in [0.4, 0.5) is 4.39 Å². The highest BCUT2D eigenvalue weighted by Gasteiger charge is 2.43. The fourth-order valence-corrected chi connectivity index (χ4v) is 2.97. The summed E-state index contributed by atoms with van der Waals surface area (Å²) in [6.45, 7) is 4.20. The normalized spacial score (nSPS) is 26.8. The van der Waals surface area contributed by atoms with E-state index >= 15 is 0 Å². The third-order valence-corrected chi connectivity index (χ3v) is 4.18. The minimum absolute atomic E-state index is 0.0840. The molecule has 0 saturated carbocycles. The first kappa shape index (κ1) is 13.5. The zero-order valence-electron chi connectivity index (χ0n) is 11.3. The Morgan fingerprint density at radius 3 is 2.85 bits per heavy atom. The van der Waals surface area contributed by atoms with Crippen LogP contribution in [0.15, 0.2) is 18.2 Å². The third-order valence-electron chi connectivity index (χ3n) is 4.18. The van der Waals surface area contributed by atoms with E-state index in [1.54, 1.807) is 6.07 Å². The Labute approximate surface area is 117 Å². The number of nitrogens with zero attached hydrogens (tertiary/aromatic N) is 2. The van der Waals surface area contributed by atoms with E-state index in [1.807, 2.05) is 0 Å². The second-order valence-electron chi connectivity index (χ2n) is 5.41. The average molecular weight is 276 g/mol. The van der Waals surface area contributed by atoms with Crippen molar-refractivity contribution in [1.29, 1.82) is 5.26 Å². The molecule has 2 aliphatic rings. The lowest BCUT2D eigenvalue weighted by atomic mass is 9.94. The number of rotatable bonds is 2. The Bertz CT molecular complexity index is 535. The van der Waals surface area contributed by atoms with Gasteiger partial charge in [0.2, 0.25) is 0 Å². The van der Waals surface area contributed by atoms with E-state index in [-0.39, 0.29) is 11.4 Å². The van der Waals surface area contributed by atoms with Gasteiger partial charge in [-0.1, -0.05) is 6.07 Å². The van der Waals surface area contributed by atoms with Crippen molar-refractivity contribution >= 4 is 0 Å². The fourth-order valence-electron chi connectivity index (χ4n) is 2.97. The molecule has 0 N–H and O–H groups in total. The zero-order valence-corrected chi connectivity index (χ0v) is 11.3. The van der Waals surface area contributed by atoms with Crippen molar-refractivity contribution in [1.82, 2.24) is 4.90 Å². The Hall–Kier alpha value is -1.48. The van der Waals surface area contributed by atoms with E-state index in [2.05, 4.69) is 11.0 Å². The number of nitriles is 1. The van der Waals surface area contributed by atoms with E-state index < -0.39 is 0 Å². The molecule has 2 heterocycles. The maximum absolute atomic E-state index is 13.2. The molecule has 4 nitrogen and oxygen atoms in total.